The van der Waals surface area contributed by atoms with Gasteiger partial charge in [-0.15, -0.1) is 0 Å². The van der Waals surface area contributed by atoms with E-state index in [0.717, 1.165) is 28.0 Å². The van der Waals surface area contributed by atoms with Crippen molar-refractivity contribution in [2.45, 2.75) is 13.8 Å². The number of nitrogens with zero attached hydrogens (tertiary/aromatic N) is 4. The van der Waals surface area contributed by atoms with E-state index >= 15 is 0 Å². The van der Waals surface area contributed by atoms with Gasteiger partial charge in [-0.1, -0.05) is 0 Å². The highest BCUT2D eigenvalue weighted by Gasteiger charge is 2.29. The summed E-state index contributed by atoms with van der Waals surface area (Å²) in [6.45, 7) is 3.75. The molecule has 0 bridgehead atoms. The number of allylic oxidation sites excluding steroid dienone is 3. The molecular weight excluding hydrogens is 286 g/mol. The molecule has 1 aliphatic carbocycles. The maximum absolute atomic E-state index is 9.50. The van der Waals surface area contributed by atoms with Crippen LogP contribution in [0.15, 0.2) is 23.9 Å². The summed E-state index contributed by atoms with van der Waals surface area (Å²) in [5.41, 5.74) is 11.7. The Labute approximate surface area is 134 Å². The highest BCUT2D eigenvalue weighted by atomic mass is 14.9. The van der Waals surface area contributed by atoms with Gasteiger partial charge in [0.25, 0.3) is 0 Å². The Bertz CT molecular complexity index is 974. The lowest BCUT2D eigenvalue weighted by molar-refractivity contribution is 0.915. The topological polar surface area (TPSA) is 91.4 Å². The number of hydrogen-bond acceptors (Lipinski definition) is 4. The van der Waals surface area contributed by atoms with E-state index in [0.29, 0.717) is 16.8 Å². The SMILES string of the molecule is CC1=C(C#N)c2nc(N)c(C#N)c(C)c2/C1=C\c1cccn1C. The summed E-state index contributed by atoms with van der Waals surface area (Å²) in [7, 11) is 1.96. The summed E-state index contributed by atoms with van der Waals surface area (Å²) < 4.78 is 2.00. The van der Waals surface area contributed by atoms with Gasteiger partial charge < -0.3 is 10.3 Å². The molecule has 0 amide bonds. The molecule has 0 atom stereocenters. The highest BCUT2D eigenvalue weighted by molar-refractivity contribution is 6.08. The van der Waals surface area contributed by atoms with Crippen molar-refractivity contribution in [3.05, 3.63) is 52.0 Å². The summed E-state index contributed by atoms with van der Waals surface area (Å²) in [5.74, 6) is 0.171. The van der Waals surface area contributed by atoms with E-state index in [1.807, 2.05) is 49.9 Å². The summed E-state index contributed by atoms with van der Waals surface area (Å²) in [5, 5.41) is 18.8. The fourth-order valence-corrected chi connectivity index (χ4v) is 2.97. The first-order valence-electron chi connectivity index (χ1n) is 7.14. The van der Waals surface area contributed by atoms with Crippen molar-refractivity contribution in [2.24, 2.45) is 7.05 Å². The number of hydrogen-bond donors (Lipinski definition) is 1. The Morgan fingerprint density at radius 2 is 2.00 bits per heavy atom. The highest BCUT2D eigenvalue weighted by Crippen LogP contribution is 2.44. The van der Waals surface area contributed by atoms with Gasteiger partial charge in [-0.3, -0.25) is 0 Å². The number of pyridine rings is 1. The van der Waals surface area contributed by atoms with Gasteiger partial charge in [0.15, 0.2) is 0 Å². The Balaban J connectivity index is 2.37. The van der Waals surface area contributed by atoms with Crippen LogP contribution in [0.4, 0.5) is 5.82 Å². The molecule has 112 valence electrons. The Hall–Kier alpha value is -3.31. The molecule has 0 spiro atoms. The minimum absolute atomic E-state index is 0.171. The maximum atomic E-state index is 9.50. The van der Waals surface area contributed by atoms with Gasteiger partial charge in [-0.25, -0.2) is 4.98 Å². The third-order valence-corrected chi connectivity index (χ3v) is 4.26. The minimum atomic E-state index is 0.171. The molecule has 3 rings (SSSR count). The number of aryl methyl sites for hydroxylation is 1. The van der Waals surface area contributed by atoms with E-state index < -0.39 is 0 Å². The first kappa shape index (κ1) is 14.6. The smallest absolute Gasteiger partial charge is 0.142 e. The van der Waals surface area contributed by atoms with Crippen LogP contribution < -0.4 is 5.73 Å². The average molecular weight is 301 g/mol. The molecule has 0 radical (unpaired) electrons. The minimum Gasteiger partial charge on any atom is -0.383 e. The van der Waals surface area contributed by atoms with Gasteiger partial charge in [0.05, 0.1) is 16.8 Å². The van der Waals surface area contributed by atoms with Gasteiger partial charge in [-0.05, 0) is 48.8 Å². The maximum Gasteiger partial charge on any atom is 0.142 e. The quantitative estimate of drug-likeness (QED) is 0.876. The second kappa shape index (κ2) is 5.15. The number of rotatable bonds is 1. The molecule has 2 N–H and O–H groups in total. The van der Waals surface area contributed by atoms with Crippen molar-refractivity contribution in [2.75, 3.05) is 5.73 Å². The van der Waals surface area contributed by atoms with Crippen molar-refractivity contribution >= 4 is 23.0 Å². The molecule has 2 heterocycles. The lowest BCUT2D eigenvalue weighted by Gasteiger charge is -2.11. The van der Waals surface area contributed by atoms with Crippen LogP contribution in [0.5, 0.6) is 0 Å². The summed E-state index contributed by atoms with van der Waals surface area (Å²) in [6.07, 6.45) is 3.98. The van der Waals surface area contributed by atoms with Crippen molar-refractivity contribution < 1.29 is 0 Å². The van der Waals surface area contributed by atoms with E-state index in [1.54, 1.807) is 0 Å². The van der Waals surface area contributed by atoms with E-state index in [2.05, 4.69) is 17.1 Å². The number of nitrogen functional groups attached to an aromatic ring is 1. The second-order valence-electron chi connectivity index (χ2n) is 5.55. The molecule has 2 aromatic rings. The molecule has 0 aliphatic heterocycles. The van der Waals surface area contributed by atoms with E-state index in [9.17, 15) is 10.5 Å². The third kappa shape index (κ3) is 2.03. The van der Waals surface area contributed by atoms with Crippen molar-refractivity contribution in [1.82, 2.24) is 9.55 Å². The lowest BCUT2D eigenvalue weighted by atomic mass is 9.96. The first-order valence-corrected chi connectivity index (χ1v) is 7.14. The number of anilines is 1. The van der Waals surface area contributed by atoms with E-state index in [4.69, 9.17) is 5.73 Å². The molecular formula is C18H15N5. The molecule has 5 nitrogen and oxygen atoms in total. The lowest BCUT2D eigenvalue weighted by Crippen LogP contribution is -2.04. The standard InChI is InChI=1S/C18H15N5/c1-10-13(7-12-5-4-6-23(12)3)16-11(2)15(9-20)18(21)22-17(16)14(10)8-19/h4-7H,1-3H3,(H2,21,22)/b13-7-. The molecule has 2 aromatic heterocycles. The molecule has 1 aliphatic rings. The van der Waals surface area contributed by atoms with Crippen LogP contribution in [0.1, 0.15) is 35.0 Å². The van der Waals surface area contributed by atoms with Gasteiger partial charge in [0, 0.05) is 24.5 Å². The van der Waals surface area contributed by atoms with Crippen LogP contribution in [0.25, 0.3) is 17.2 Å². The van der Waals surface area contributed by atoms with Crippen molar-refractivity contribution in [1.29, 1.82) is 10.5 Å². The monoisotopic (exact) mass is 301 g/mol. The summed E-state index contributed by atoms with van der Waals surface area (Å²) in [4.78, 5) is 4.32. The molecule has 5 heteroatoms. The van der Waals surface area contributed by atoms with Crippen LogP contribution in [0, 0.1) is 29.6 Å². The molecule has 0 saturated heterocycles. The van der Waals surface area contributed by atoms with Crippen LogP contribution in [0.3, 0.4) is 0 Å². The van der Waals surface area contributed by atoms with Crippen molar-refractivity contribution in [3.63, 3.8) is 0 Å². The first-order chi connectivity index (χ1) is 11.0. The second-order valence-corrected chi connectivity index (χ2v) is 5.55. The van der Waals surface area contributed by atoms with Gasteiger partial charge in [-0.2, -0.15) is 10.5 Å². The third-order valence-electron chi connectivity index (χ3n) is 4.26. The Kier molecular flexibility index (Phi) is 3.28. The number of aromatic nitrogens is 2. The van der Waals surface area contributed by atoms with Crippen LogP contribution >= 0.6 is 0 Å². The van der Waals surface area contributed by atoms with E-state index in [-0.39, 0.29) is 5.82 Å². The van der Waals surface area contributed by atoms with Gasteiger partial charge >= 0.3 is 0 Å². The van der Waals surface area contributed by atoms with Crippen LogP contribution in [-0.2, 0) is 7.05 Å². The van der Waals surface area contributed by atoms with Gasteiger partial charge in [0.2, 0.25) is 0 Å². The fourth-order valence-electron chi connectivity index (χ4n) is 2.97. The number of fused-ring (bicyclic) bond motifs is 1. The average Bonchev–Trinajstić information content (AvgIpc) is 3.02. The molecule has 0 saturated carbocycles. The molecule has 0 aromatic carbocycles. The van der Waals surface area contributed by atoms with E-state index in [1.165, 1.54) is 0 Å². The van der Waals surface area contributed by atoms with Crippen LogP contribution in [-0.4, -0.2) is 9.55 Å². The normalized spacial score (nSPS) is 14.7. The summed E-state index contributed by atoms with van der Waals surface area (Å²) >= 11 is 0. The fraction of sp³-hybridized carbons (Fsp3) is 0.167. The summed E-state index contributed by atoms with van der Waals surface area (Å²) in [6, 6.07) is 8.28. The number of nitrogens with two attached hydrogens (primary N) is 1. The zero-order valence-corrected chi connectivity index (χ0v) is 13.2. The molecule has 23 heavy (non-hydrogen) atoms. The number of nitriles is 2. The molecule has 0 fully saturated rings. The van der Waals surface area contributed by atoms with Gasteiger partial charge in [0.1, 0.15) is 18.0 Å². The predicted molar refractivity (Wildman–Crippen MR) is 89.6 cm³/mol. The van der Waals surface area contributed by atoms with Crippen molar-refractivity contribution in [3.8, 4) is 12.1 Å². The predicted octanol–water partition coefficient (Wildman–Crippen LogP) is 3.03. The van der Waals surface area contributed by atoms with Crippen LogP contribution in [0.2, 0.25) is 0 Å². The Morgan fingerprint density at radius 3 is 2.57 bits per heavy atom. The zero-order chi connectivity index (χ0) is 16.7. The Morgan fingerprint density at radius 1 is 1.26 bits per heavy atom. The zero-order valence-electron chi connectivity index (χ0n) is 13.2. The molecule has 0 unspecified atom stereocenters. The largest absolute Gasteiger partial charge is 0.383 e.